The van der Waals surface area contributed by atoms with Crippen molar-refractivity contribution in [2.24, 2.45) is 11.7 Å². The summed E-state index contributed by atoms with van der Waals surface area (Å²) in [6, 6.07) is 3.22. The fourth-order valence-corrected chi connectivity index (χ4v) is 3.52. The standard InChI is InChI=1S/C12H17N3O2S2/c13-12(18)11(10-1-2-10)15-19(16,17)8-5-9-3-6-14-7-4-9/h3-4,6-7,10-11,15H,1-2,5,8H2,(H2,13,18). The molecule has 1 fully saturated rings. The van der Waals surface area contributed by atoms with E-state index in [2.05, 4.69) is 9.71 Å². The fraction of sp³-hybridized carbons (Fsp3) is 0.500. The Hall–Kier alpha value is -1.05. The molecule has 19 heavy (non-hydrogen) atoms. The normalized spacial score (nSPS) is 17.1. The van der Waals surface area contributed by atoms with Gasteiger partial charge in [0.05, 0.1) is 16.8 Å². The van der Waals surface area contributed by atoms with E-state index in [0.717, 1.165) is 18.4 Å². The molecule has 1 aromatic heterocycles. The topological polar surface area (TPSA) is 85.1 Å². The van der Waals surface area contributed by atoms with E-state index in [-0.39, 0.29) is 16.7 Å². The van der Waals surface area contributed by atoms with Crippen LogP contribution in [0.15, 0.2) is 24.5 Å². The number of nitrogens with one attached hydrogen (secondary N) is 1. The summed E-state index contributed by atoms with van der Waals surface area (Å²) in [4.78, 5) is 4.13. The Balaban J connectivity index is 1.93. The van der Waals surface area contributed by atoms with Crippen LogP contribution in [0.25, 0.3) is 0 Å². The number of sulfonamides is 1. The molecule has 1 aromatic rings. The third-order valence-electron chi connectivity index (χ3n) is 3.12. The molecule has 3 N–H and O–H groups in total. The molecule has 0 saturated heterocycles. The van der Waals surface area contributed by atoms with Crippen molar-refractivity contribution < 1.29 is 8.42 Å². The summed E-state index contributed by atoms with van der Waals surface area (Å²) in [5.74, 6) is 0.302. The Bertz CT molecular complexity index is 541. The van der Waals surface area contributed by atoms with Crippen LogP contribution in [0.1, 0.15) is 18.4 Å². The monoisotopic (exact) mass is 299 g/mol. The van der Waals surface area contributed by atoms with E-state index in [0.29, 0.717) is 6.42 Å². The van der Waals surface area contributed by atoms with Crippen molar-refractivity contribution in [3.05, 3.63) is 30.1 Å². The van der Waals surface area contributed by atoms with Gasteiger partial charge in [0, 0.05) is 12.4 Å². The number of nitrogens with two attached hydrogens (primary N) is 1. The number of pyridine rings is 1. The second kappa shape index (κ2) is 5.94. The van der Waals surface area contributed by atoms with Gasteiger partial charge in [0.2, 0.25) is 10.0 Å². The van der Waals surface area contributed by atoms with Gasteiger partial charge in [0.1, 0.15) is 0 Å². The highest BCUT2D eigenvalue weighted by molar-refractivity contribution is 7.89. The van der Waals surface area contributed by atoms with Gasteiger partial charge < -0.3 is 5.73 Å². The number of aromatic nitrogens is 1. The largest absolute Gasteiger partial charge is 0.392 e. The van der Waals surface area contributed by atoms with Crippen LogP contribution in [0.5, 0.6) is 0 Å². The van der Waals surface area contributed by atoms with Gasteiger partial charge in [0.25, 0.3) is 0 Å². The van der Waals surface area contributed by atoms with Crippen molar-refractivity contribution in [3.63, 3.8) is 0 Å². The number of hydrogen-bond donors (Lipinski definition) is 2. The van der Waals surface area contributed by atoms with Crippen molar-refractivity contribution in [2.45, 2.75) is 25.3 Å². The first-order chi connectivity index (χ1) is 8.98. The minimum absolute atomic E-state index is 0.0306. The number of nitrogens with zero attached hydrogens (tertiary/aromatic N) is 1. The molecule has 1 atom stereocenters. The van der Waals surface area contributed by atoms with Gasteiger partial charge >= 0.3 is 0 Å². The molecular weight excluding hydrogens is 282 g/mol. The molecule has 7 heteroatoms. The van der Waals surface area contributed by atoms with Crippen molar-refractivity contribution in [1.82, 2.24) is 9.71 Å². The second-order valence-corrected chi connectivity index (χ2v) is 7.10. The van der Waals surface area contributed by atoms with Crippen LogP contribution in [0.2, 0.25) is 0 Å². The maximum Gasteiger partial charge on any atom is 0.212 e. The van der Waals surface area contributed by atoms with Gasteiger partial charge in [-0.25, -0.2) is 13.1 Å². The summed E-state index contributed by atoms with van der Waals surface area (Å²) >= 11 is 4.92. The molecule has 5 nitrogen and oxygen atoms in total. The maximum atomic E-state index is 12.0. The zero-order valence-electron chi connectivity index (χ0n) is 10.5. The Labute approximate surface area is 118 Å². The first-order valence-electron chi connectivity index (χ1n) is 6.16. The number of thiocarbonyl (C=S) groups is 1. The zero-order chi connectivity index (χ0) is 13.9. The van der Waals surface area contributed by atoms with E-state index >= 15 is 0 Å². The Morgan fingerprint density at radius 2 is 2.11 bits per heavy atom. The molecule has 1 saturated carbocycles. The van der Waals surface area contributed by atoms with Crippen LogP contribution < -0.4 is 10.5 Å². The first kappa shape index (κ1) is 14.4. The Kier molecular flexibility index (Phi) is 4.49. The molecule has 104 valence electrons. The molecule has 0 amide bonds. The van der Waals surface area contributed by atoms with Gasteiger partial charge in [0.15, 0.2) is 0 Å². The third kappa shape index (κ3) is 4.52. The van der Waals surface area contributed by atoms with Crippen LogP contribution in [0.4, 0.5) is 0 Å². The zero-order valence-corrected chi connectivity index (χ0v) is 12.1. The average molecular weight is 299 g/mol. The molecule has 0 bridgehead atoms. The van der Waals surface area contributed by atoms with E-state index in [1.54, 1.807) is 12.4 Å². The lowest BCUT2D eigenvalue weighted by Crippen LogP contribution is -2.45. The quantitative estimate of drug-likeness (QED) is 0.721. The summed E-state index contributed by atoms with van der Waals surface area (Å²) < 4.78 is 26.6. The van der Waals surface area contributed by atoms with Crippen LogP contribution in [0, 0.1) is 5.92 Å². The molecule has 1 aliphatic carbocycles. The maximum absolute atomic E-state index is 12.0. The number of hydrogen-bond acceptors (Lipinski definition) is 4. The minimum atomic E-state index is -3.37. The lowest BCUT2D eigenvalue weighted by atomic mass is 10.2. The first-order valence-corrected chi connectivity index (χ1v) is 8.22. The number of rotatable bonds is 7. The summed E-state index contributed by atoms with van der Waals surface area (Å²) in [5, 5.41) is 0. The highest BCUT2D eigenvalue weighted by atomic mass is 32.2. The summed E-state index contributed by atoms with van der Waals surface area (Å²) in [6.07, 6.45) is 5.71. The predicted molar refractivity (Wildman–Crippen MR) is 78.2 cm³/mol. The van der Waals surface area contributed by atoms with Crippen molar-refractivity contribution in [1.29, 1.82) is 0 Å². The van der Waals surface area contributed by atoms with Crippen molar-refractivity contribution in [2.75, 3.05) is 5.75 Å². The van der Waals surface area contributed by atoms with Gasteiger partial charge in [-0.2, -0.15) is 0 Å². The summed E-state index contributed by atoms with van der Waals surface area (Å²) in [5.41, 5.74) is 6.53. The molecule has 0 aromatic carbocycles. The number of aryl methyl sites for hydroxylation is 1. The molecule has 0 spiro atoms. The lowest BCUT2D eigenvalue weighted by molar-refractivity contribution is 0.564. The van der Waals surface area contributed by atoms with Crippen LogP contribution in [-0.4, -0.2) is 30.2 Å². The molecule has 1 unspecified atom stereocenters. The van der Waals surface area contributed by atoms with Gasteiger partial charge in [-0.05, 0) is 42.9 Å². The summed E-state index contributed by atoms with van der Waals surface area (Å²) in [6.45, 7) is 0. The van der Waals surface area contributed by atoms with Crippen LogP contribution in [-0.2, 0) is 16.4 Å². The van der Waals surface area contributed by atoms with Gasteiger partial charge in [-0.1, -0.05) is 12.2 Å². The average Bonchev–Trinajstić information content (AvgIpc) is 3.19. The molecule has 1 aliphatic rings. The summed E-state index contributed by atoms with van der Waals surface area (Å²) in [7, 11) is -3.37. The minimum Gasteiger partial charge on any atom is -0.392 e. The van der Waals surface area contributed by atoms with Gasteiger partial charge in [-0.3, -0.25) is 4.98 Å². The van der Waals surface area contributed by atoms with Crippen molar-refractivity contribution in [3.8, 4) is 0 Å². The SMILES string of the molecule is NC(=S)C(NS(=O)(=O)CCc1ccncc1)C1CC1. The lowest BCUT2D eigenvalue weighted by Gasteiger charge is -2.16. The van der Waals surface area contributed by atoms with E-state index in [4.69, 9.17) is 18.0 Å². The smallest absolute Gasteiger partial charge is 0.212 e. The van der Waals surface area contributed by atoms with E-state index in [1.165, 1.54) is 0 Å². The molecular formula is C12H17N3O2S2. The highest BCUT2D eigenvalue weighted by Crippen LogP contribution is 2.33. The van der Waals surface area contributed by atoms with E-state index in [1.807, 2.05) is 12.1 Å². The Morgan fingerprint density at radius 3 is 2.63 bits per heavy atom. The molecule has 0 aliphatic heterocycles. The van der Waals surface area contributed by atoms with E-state index < -0.39 is 16.1 Å². The fourth-order valence-electron chi connectivity index (χ4n) is 1.87. The molecule has 2 rings (SSSR count). The van der Waals surface area contributed by atoms with E-state index in [9.17, 15) is 8.42 Å². The molecule has 0 radical (unpaired) electrons. The highest BCUT2D eigenvalue weighted by Gasteiger charge is 2.35. The van der Waals surface area contributed by atoms with Crippen molar-refractivity contribution >= 4 is 27.2 Å². The van der Waals surface area contributed by atoms with Gasteiger partial charge in [-0.15, -0.1) is 0 Å². The van der Waals surface area contributed by atoms with Crippen LogP contribution >= 0.6 is 12.2 Å². The Morgan fingerprint density at radius 1 is 1.47 bits per heavy atom. The predicted octanol–water partition coefficient (Wildman–Crippen LogP) is 0.608. The second-order valence-electron chi connectivity index (χ2n) is 4.76. The third-order valence-corrected chi connectivity index (χ3v) is 4.72. The van der Waals surface area contributed by atoms with Crippen LogP contribution in [0.3, 0.4) is 0 Å². The molecule has 1 heterocycles.